The maximum absolute atomic E-state index is 5.49. The van der Waals surface area contributed by atoms with Crippen LogP contribution in [0.3, 0.4) is 0 Å². The van der Waals surface area contributed by atoms with Gasteiger partial charge in [-0.3, -0.25) is 0 Å². The highest BCUT2D eigenvalue weighted by molar-refractivity contribution is 4.76. The molecule has 0 aromatic rings. The molecular formula is C13H26N2O. The van der Waals surface area contributed by atoms with Crippen molar-refractivity contribution in [2.45, 2.75) is 38.6 Å². The molecule has 0 amide bonds. The molecule has 0 spiro atoms. The van der Waals surface area contributed by atoms with Crippen molar-refractivity contribution in [3.63, 3.8) is 0 Å². The number of rotatable bonds is 4. The highest BCUT2D eigenvalue weighted by atomic mass is 16.5. The van der Waals surface area contributed by atoms with Crippen molar-refractivity contribution in [2.75, 3.05) is 39.4 Å². The normalized spacial score (nSPS) is 29.4. The fourth-order valence-corrected chi connectivity index (χ4v) is 2.74. The van der Waals surface area contributed by atoms with Gasteiger partial charge in [-0.1, -0.05) is 6.92 Å². The number of piperidine rings is 1. The van der Waals surface area contributed by atoms with E-state index in [1.54, 1.807) is 0 Å². The van der Waals surface area contributed by atoms with E-state index in [4.69, 9.17) is 4.74 Å². The number of hydrogen-bond donors (Lipinski definition) is 1. The molecule has 1 atom stereocenters. The number of nitrogens with one attached hydrogen (secondary N) is 1. The first-order valence-corrected chi connectivity index (χ1v) is 6.92. The molecule has 1 N–H and O–H groups in total. The third-order valence-electron chi connectivity index (χ3n) is 4.01. The highest BCUT2D eigenvalue weighted by Crippen LogP contribution is 2.16. The van der Waals surface area contributed by atoms with E-state index in [0.29, 0.717) is 6.04 Å². The zero-order valence-electron chi connectivity index (χ0n) is 10.6. The molecule has 94 valence electrons. The summed E-state index contributed by atoms with van der Waals surface area (Å²) >= 11 is 0. The van der Waals surface area contributed by atoms with Crippen LogP contribution in [0.15, 0.2) is 0 Å². The SMILES string of the molecule is CCN1CCC(CNC2CCCOC2)CC1. The third-order valence-corrected chi connectivity index (χ3v) is 4.01. The summed E-state index contributed by atoms with van der Waals surface area (Å²) in [5.41, 5.74) is 0. The van der Waals surface area contributed by atoms with Crippen molar-refractivity contribution < 1.29 is 4.74 Å². The summed E-state index contributed by atoms with van der Waals surface area (Å²) in [6.45, 7) is 9.16. The lowest BCUT2D eigenvalue weighted by Gasteiger charge is -2.32. The van der Waals surface area contributed by atoms with Crippen LogP contribution in [0.4, 0.5) is 0 Å². The van der Waals surface area contributed by atoms with E-state index < -0.39 is 0 Å². The van der Waals surface area contributed by atoms with Crippen LogP contribution in [0.1, 0.15) is 32.6 Å². The largest absolute Gasteiger partial charge is 0.380 e. The molecule has 0 saturated carbocycles. The van der Waals surface area contributed by atoms with Crippen LogP contribution in [-0.4, -0.2) is 50.3 Å². The minimum atomic E-state index is 0.623. The zero-order chi connectivity index (χ0) is 11.2. The Labute approximate surface area is 99.5 Å². The van der Waals surface area contributed by atoms with E-state index in [9.17, 15) is 0 Å². The van der Waals surface area contributed by atoms with Crippen LogP contribution in [0, 0.1) is 5.92 Å². The minimum Gasteiger partial charge on any atom is -0.380 e. The van der Waals surface area contributed by atoms with Crippen LogP contribution < -0.4 is 5.32 Å². The van der Waals surface area contributed by atoms with Crippen LogP contribution >= 0.6 is 0 Å². The Morgan fingerprint density at radius 2 is 2.06 bits per heavy atom. The van der Waals surface area contributed by atoms with E-state index in [2.05, 4.69) is 17.1 Å². The van der Waals surface area contributed by atoms with Crippen LogP contribution in [0.25, 0.3) is 0 Å². The number of ether oxygens (including phenoxy) is 1. The second-order valence-corrected chi connectivity index (χ2v) is 5.20. The van der Waals surface area contributed by atoms with Gasteiger partial charge in [0.1, 0.15) is 0 Å². The second kappa shape index (κ2) is 6.58. The lowest BCUT2D eigenvalue weighted by Crippen LogP contribution is -2.42. The molecule has 2 heterocycles. The van der Waals surface area contributed by atoms with Gasteiger partial charge in [0.15, 0.2) is 0 Å². The van der Waals surface area contributed by atoms with Gasteiger partial charge in [0, 0.05) is 12.6 Å². The number of nitrogens with zero attached hydrogens (tertiary/aromatic N) is 1. The van der Waals surface area contributed by atoms with Crippen molar-refractivity contribution in [3.8, 4) is 0 Å². The molecule has 0 radical (unpaired) electrons. The molecule has 2 fully saturated rings. The Kier molecular flexibility index (Phi) is 5.07. The van der Waals surface area contributed by atoms with Gasteiger partial charge in [-0.05, 0) is 57.8 Å². The first-order chi connectivity index (χ1) is 7.88. The molecule has 2 rings (SSSR count). The number of likely N-dealkylation sites (tertiary alicyclic amines) is 1. The smallest absolute Gasteiger partial charge is 0.0619 e. The molecular weight excluding hydrogens is 200 g/mol. The lowest BCUT2D eigenvalue weighted by atomic mass is 9.96. The van der Waals surface area contributed by atoms with E-state index in [0.717, 1.165) is 19.1 Å². The van der Waals surface area contributed by atoms with Gasteiger partial charge in [0.2, 0.25) is 0 Å². The molecule has 0 aliphatic carbocycles. The molecule has 0 aromatic carbocycles. The van der Waals surface area contributed by atoms with E-state index in [-0.39, 0.29) is 0 Å². The van der Waals surface area contributed by atoms with Gasteiger partial charge < -0.3 is 15.0 Å². The van der Waals surface area contributed by atoms with Crippen molar-refractivity contribution in [1.82, 2.24) is 10.2 Å². The quantitative estimate of drug-likeness (QED) is 0.786. The van der Waals surface area contributed by atoms with Crippen molar-refractivity contribution in [2.24, 2.45) is 5.92 Å². The van der Waals surface area contributed by atoms with Gasteiger partial charge in [0.25, 0.3) is 0 Å². The Morgan fingerprint density at radius 3 is 2.69 bits per heavy atom. The maximum atomic E-state index is 5.49. The van der Waals surface area contributed by atoms with Gasteiger partial charge in [-0.2, -0.15) is 0 Å². The van der Waals surface area contributed by atoms with E-state index in [1.165, 1.54) is 51.9 Å². The average Bonchev–Trinajstić information content (AvgIpc) is 2.38. The summed E-state index contributed by atoms with van der Waals surface area (Å²) in [7, 11) is 0. The standard InChI is InChI=1S/C13H26N2O/c1-2-15-7-5-12(6-8-15)10-14-13-4-3-9-16-11-13/h12-14H,2-11H2,1H3. The van der Waals surface area contributed by atoms with Gasteiger partial charge in [-0.25, -0.2) is 0 Å². The van der Waals surface area contributed by atoms with Gasteiger partial charge >= 0.3 is 0 Å². The maximum Gasteiger partial charge on any atom is 0.0619 e. The fourth-order valence-electron chi connectivity index (χ4n) is 2.74. The van der Waals surface area contributed by atoms with E-state index >= 15 is 0 Å². The molecule has 3 heteroatoms. The predicted molar refractivity (Wildman–Crippen MR) is 66.7 cm³/mol. The fraction of sp³-hybridized carbons (Fsp3) is 1.00. The Bertz CT molecular complexity index is 184. The van der Waals surface area contributed by atoms with Gasteiger partial charge in [-0.15, -0.1) is 0 Å². The summed E-state index contributed by atoms with van der Waals surface area (Å²) in [6.07, 6.45) is 5.27. The van der Waals surface area contributed by atoms with Crippen LogP contribution in [0.2, 0.25) is 0 Å². The Hall–Kier alpha value is -0.120. The van der Waals surface area contributed by atoms with Gasteiger partial charge in [0.05, 0.1) is 6.61 Å². The molecule has 3 nitrogen and oxygen atoms in total. The summed E-state index contributed by atoms with van der Waals surface area (Å²) < 4.78 is 5.49. The molecule has 2 aliphatic heterocycles. The number of hydrogen-bond acceptors (Lipinski definition) is 3. The molecule has 16 heavy (non-hydrogen) atoms. The Morgan fingerprint density at radius 1 is 1.25 bits per heavy atom. The van der Waals surface area contributed by atoms with Crippen LogP contribution in [0.5, 0.6) is 0 Å². The molecule has 1 unspecified atom stereocenters. The first kappa shape index (κ1) is 12.3. The summed E-state index contributed by atoms with van der Waals surface area (Å²) in [4.78, 5) is 2.56. The molecule has 2 saturated heterocycles. The summed E-state index contributed by atoms with van der Waals surface area (Å²) in [5.74, 6) is 0.893. The lowest BCUT2D eigenvalue weighted by molar-refractivity contribution is 0.0673. The molecule has 2 aliphatic rings. The average molecular weight is 226 g/mol. The van der Waals surface area contributed by atoms with Crippen LogP contribution in [-0.2, 0) is 4.74 Å². The second-order valence-electron chi connectivity index (χ2n) is 5.20. The monoisotopic (exact) mass is 226 g/mol. The minimum absolute atomic E-state index is 0.623. The topological polar surface area (TPSA) is 24.5 Å². The molecule has 0 bridgehead atoms. The Balaban J connectivity index is 1.59. The first-order valence-electron chi connectivity index (χ1n) is 6.92. The highest BCUT2D eigenvalue weighted by Gasteiger charge is 2.20. The van der Waals surface area contributed by atoms with Crippen molar-refractivity contribution in [3.05, 3.63) is 0 Å². The zero-order valence-corrected chi connectivity index (χ0v) is 10.6. The third kappa shape index (κ3) is 3.72. The van der Waals surface area contributed by atoms with E-state index in [1.807, 2.05) is 0 Å². The summed E-state index contributed by atoms with van der Waals surface area (Å²) in [6, 6.07) is 0.623. The summed E-state index contributed by atoms with van der Waals surface area (Å²) in [5, 5.41) is 3.68. The van der Waals surface area contributed by atoms with Crippen molar-refractivity contribution >= 4 is 0 Å². The predicted octanol–water partition coefficient (Wildman–Crippen LogP) is 1.49. The molecule has 0 aromatic heterocycles. The van der Waals surface area contributed by atoms with Crippen molar-refractivity contribution in [1.29, 1.82) is 0 Å².